The molecule has 2 aromatic heterocycles. The van der Waals surface area contributed by atoms with E-state index in [9.17, 15) is 19.5 Å². The summed E-state index contributed by atoms with van der Waals surface area (Å²) in [4.78, 5) is 58.5. The first-order chi connectivity index (χ1) is 26.9. The van der Waals surface area contributed by atoms with Crippen LogP contribution in [0.3, 0.4) is 0 Å². The van der Waals surface area contributed by atoms with Gasteiger partial charge in [0.25, 0.3) is 0 Å². The van der Waals surface area contributed by atoms with E-state index in [1.54, 1.807) is 7.11 Å². The molecule has 0 bridgehead atoms. The van der Waals surface area contributed by atoms with Crippen molar-refractivity contribution in [1.82, 2.24) is 35.1 Å². The molecule has 0 spiro atoms. The molecule has 3 aliphatic rings. The fourth-order valence-corrected chi connectivity index (χ4v) is 8.93. The number of likely N-dealkylation sites (tertiary alicyclic amines) is 2. The average molecular weight is 764 g/mol. The van der Waals surface area contributed by atoms with Gasteiger partial charge in [-0.05, 0) is 85.4 Å². The summed E-state index contributed by atoms with van der Waals surface area (Å²) in [5.74, 6) is 1.98. The van der Waals surface area contributed by atoms with Gasteiger partial charge in [0.2, 0.25) is 5.91 Å². The lowest BCUT2D eigenvalue weighted by Gasteiger charge is -2.39. The molecule has 5 atom stereocenters. The van der Waals surface area contributed by atoms with Gasteiger partial charge in [-0.15, -0.1) is 0 Å². The number of carboxylic acid groups (broad SMARTS) is 1. The molecule has 3 amide bonds. The smallest absolute Gasteiger partial charge is 0.407 e. The SMILES string of the molecule is CCC(C)[C@H](NC(=O)OC)C(=O)N1[C@H](c2ncc(-c3ccc4c(c3)COc3cc5c(ccc6nc([C@@H]7C[C@H](COC)CN7C(=O)O)[nH]c65)cc3-4)[nH]2)CCC1(C)C. The Morgan fingerprint density at radius 1 is 1.07 bits per heavy atom. The first-order valence-corrected chi connectivity index (χ1v) is 19.3. The van der Waals surface area contributed by atoms with E-state index < -0.39 is 23.8 Å². The predicted octanol–water partition coefficient (Wildman–Crippen LogP) is 7.57. The number of H-pyrrole nitrogens is 2. The van der Waals surface area contributed by atoms with Gasteiger partial charge in [-0.2, -0.15) is 0 Å². The second-order valence-electron chi connectivity index (χ2n) is 16.1. The molecular formula is C42H49N7O7. The summed E-state index contributed by atoms with van der Waals surface area (Å²) >= 11 is 0. The molecule has 5 heterocycles. The molecule has 14 nitrogen and oxygen atoms in total. The average Bonchev–Trinajstić information content (AvgIpc) is 4.00. The Hall–Kier alpha value is -5.63. The second-order valence-corrected chi connectivity index (χ2v) is 16.1. The fraction of sp³-hybridized carbons (Fsp3) is 0.452. The Morgan fingerprint density at radius 3 is 2.64 bits per heavy atom. The number of nitrogens with zero attached hydrogens (tertiary/aromatic N) is 4. The van der Waals surface area contributed by atoms with Crippen molar-refractivity contribution in [2.45, 2.75) is 83.6 Å². The third kappa shape index (κ3) is 6.49. The number of carbonyl (C=O) groups is 3. The molecule has 3 aromatic carbocycles. The summed E-state index contributed by atoms with van der Waals surface area (Å²) in [6.07, 6.45) is 3.12. The zero-order valence-electron chi connectivity index (χ0n) is 32.6. The van der Waals surface area contributed by atoms with Gasteiger partial charge in [-0.3, -0.25) is 9.69 Å². The first-order valence-electron chi connectivity index (χ1n) is 19.3. The maximum atomic E-state index is 14.2. The van der Waals surface area contributed by atoms with Gasteiger partial charge in [0.05, 0.1) is 48.7 Å². The van der Waals surface area contributed by atoms with Crippen molar-refractivity contribution in [2.24, 2.45) is 11.8 Å². The number of aromatic nitrogens is 4. The molecule has 3 aliphatic heterocycles. The highest BCUT2D eigenvalue weighted by molar-refractivity contribution is 6.07. The van der Waals surface area contributed by atoms with E-state index in [0.29, 0.717) is 44.2 Å². The molecule has 4 N–H and O–H groups in total. The van der Waals surface area contributed by atoms with Crippen LogP contribution < -0.4 is 10.1 Å². The fourth-order valence-electron chi connectivity index (χ4n) is 8.93. The van der Waals surface area contributed by atoms with E-state index in [1.165, 1.54) is 12.0 Å². The van der Waals surface area contributed by atoms with E-state index in [2.05, 4.69) is 53.4 Å². The van der Waals surface area contributed by atoms with Crippen molar-refractivity contribution in [3.8, 4) is 28.1 Å². The van der Waals surface area contributed by atoms with E-state index in [1.807, 2.05) is 43.1 Å². The van der Waals surface area contributed by atoms with Gasteiger partial charge in [-0.25, -0.2) is 19.6 Å². The molecule has 1 unspecified atom stereocenters. The quantitative estimate of drug-likeness (QED) is 0.118. The van der Waals surface area contributed by atoms with Crippen molar-refractivity contribution in [3.05, 3.63) is 65.9 Å². The number of fused-ring (bicyclic) bond motifs is 6. The van der Waals surface area contributed by atoms with E-state index >= 15 is 0 Å². The molecule has 0 saturated carbocycles. The van der Waals surface area contributed by atoms with E-state index in [-0.39, 0.29) is 29.8 Å². The summed E-state index contributed by atoms with van der Waals surface area (Å²) in [6, 6.07) is 13.1. The van der Waals surface area contributed by atoms with Crippen molar-refractivity contribution in [1.29, 1.82) is 0 Å². The normalized spacial score (nSPS) is 21.1. The molecule has 0 radical (unpaired) electrons. The third-order valence-corrected chi connectivity index (χ3v) is 12.1. The van der Waals surface area contributed by atoms with Crippen LogP contribution in [0.2, 0.25) is 0 Å². The lowest BCUT2D eigenvalue weighted by atomic mass is 9.92. The maximum Gasteiger partial charge on any atom is 0.407 e. The van der Waals surface area contributed by atoms with Gasteiger partial charge in [-0.1, -0.05) is 38.5 Å². The highest BCUT2D eigenvalue weighted by Crippen LogP contribution is 2.45. The zero-order valence-corrected chi connectivity index (χ0v) is 32.6. The Kier molecular flexibility index (Phi) is 9.63. The van der Waals surface area contributed by atoms with Crippen molar-refractivity contribution < 1.29 is 33.7 Å². The van der Waals surface area contributed by atoms with E-state index in [4.69, 9.17) is 24.2 Å². The van der Waals surface area contributed by atoms with Gasteiger partial charge in [0.1, 0.15) is 30.0 Å². The minimum atomic E-state index is -0.964. The van der Waals surface area contributed by atoms with Crippen LogP contribution >= 0.6 is 0 Å². The number of aromatic amines is 2. The molecular weight excluding hydrogens is 715 g/mol. The first kappa shape index (κ1) is 37.3. The molecule has 294 valence electrons. The lowest BCUT2D eigenvalue weighted by Crippen LogP contribution is -2.56. The lowest BCUT2D eigenvalue weighted by molar-refractivity contribution is -0.140. The molecule has 2 fully saturated rings. The number of methoxy groups -OCH3 is 2. The standard InChI is InChI=1S/C42H49N7O7/c1-7-22(2)35(47-40(51)55-6)39(50)49-32(12-13-42(49,3)4)37-43-18-31(45-37)25-8-10-27-26(15-25)21-56-34-17-28-24(16-29(27)34)9-11-30-36(28)46-38(44-30)33-14-23(20-54-5)19-48(33)41(52)53/h8-11,15-18,22-23,32-33,35H,7,12-14,19-21H2,1-6H3,(H,43,45)(H,44,46)(H,47,51)(H,52,53)/t22?,23-,32-,33-,35-/m0/s1. The third-order valence-electron chi connectivity index (χ3n) is 12.1. The molecule has 2 saturated heterocycles. The number of benzene rings is 3. The minimum Gasteiger partial charge on any atom is -0.488 e. The van der Waals surface area contributed by atoms with Gasteiger partial charge in [0, 0.05) is 36.1 Å². The van der Waals surface area contributed by atoms with Gasteiger partial charge >= 0.3 is 12.2 Å². The van der Waals surface area contributed by atoms with Crippen LogP contribution in [-0.2, 0) is 20.9 Å². The van der Waals surface area contributed by atoms with Crippen molar-refractivity contribution in [2.75, 3.05) is 27.4 Å². The van der Waals surface area contributed by atoms with Gasteiger partial charge < -0.3 is 39.5 Å². The van der Waals surface area contributed by atoms with Gasteiger partial charge in [0.15, 0.2) is 0 Å². The van der Waals surface area contributed by atoms with Crippen LogP contribution in [0.4, 0.5) is 9.59 Å². The number of hydrogen-bond donors (Lipinski definition) is 4. The van der Waals surface area contributed by atoms with Crippen molar-refractivity contribution >= 4 is 39.9 Å². The van der Waals surface area contributed by atoms with Crippen LogP contribution in [0, 0.1) is 11.8 Å². The molecule has 8 rings (SSSR count). The number of ether oxygens (including phenoxy) is 3. The van der Waals surface area contributed by atoms with Crippen LogP contribution in [0.25, 0.3) is 44.2 Å². The molecule has 0 aliphatic carbocycles. The van der Waals surface area contributed by atoms with Crippen LogP contribution in [0.1, 0.15) is 82.7 Å². The number of hydrogen-bond acceptors (Lipinski definition) is 8. The Labute approximate surface area is 324 Å². The number of imidazole rings is 2. The second kappa shape index (κ2) is 14.5. The summed E-state index contributed by atoms with van der Waals surface area (Å²) in [5.41, 5.74) is 6.09. The summed E-state index contributed by atoms with van der Waals surface area (Å²) in [5, 5.41) is 14.7. The topological polar surface area (TPSA) is 175 Å². The zero-order chi connectivity index (χ0) is 39.5. The maximum absolute atomic E-state index is 14.2. The van der Waals surface area contributed by atoms with Crippen LogP contribution in [0.15, 0.2) is 48.7 Å². The minimum absolute atomic E-state index is 0.0886. The number of nitrogens with one attached hydrogen (secondary N) is 3. The highest BCUT2D eigenvalue weighted by Gasteiger charge is 2.47. The molecule has 56 heavy (non-hydrogen) atoms. The van der Waals surface area contributed by atoms with Crippen molar-refractivity contribution in [3.63, 3.8) is 0 Å². The Balaban J connectivity index is 1.06. The van der Waals surface area contributed by atoms with Crippen LogP contribution in [-0.4, -0.2) is 91.9 Å². The van der Waals surface area contributed by atoms with Crippen LogP contribution in [0.5, 0.6) is 5.75 Å². The molecule has 5 aromatic rings. The summed E-state index contributed by atoms with van der Waals surface area (Å²) in [7, 11) is 2.94. The number of rotatable bonds is 9. The summed E-state index contributed by atoms with van der Waals surface area (Å²) in [6.45, 7) is 9.37. The number of alkyl carbamates (subject to hydrolysis) is 1. The summed E-state index contributed by atoms with van der Waals surface area (Å²) < 4.78 is 16.6. The monoisotopic (exact) mass is 763 g/mol. The number of carbonyl (C=O) groups excluding carboxylic acids is 2. The predicted molar refractivity (Wildman–Crippen MR) is 210 cm³/mol. The Bertz CT molecular complexity index is 2330. The highest BCUT2D eigenvalue weighted by atomic mass is 16.5. The molecule has 14 heteroatoms. The van der Waals surface area contributed by atoms with E-state index in [0.717, 1.165) is 68.3 Å². The largest absolute Gasteiger partial charge is 0.488 e. The number of amides is 3. The Morgan fingerprint density at radius 2 is 1.89 bits per heavy atom.